The molecule has 0 saturated heterocycles. The van der Waals surface area contributed by atoms with Crippen LogP contribution in [0.4, 0.5) is 0 Å². The number of hydrogen-bond donors (Lipinski definition) is 0. The third-order valence-corrected chi connectivity index (χ3v) is 1.52. The molecule has 4 nitrogen and oxygen atoms in total. The van der Waals surface area contributed by atoms with E-state index in [0.29, 0.717) is 0 Å². The Morgan fingerprint density at radius 2 is 1.33 bits per heavy atom. The van der Waals surface area contributed by atoms with Gasteiger partial charge in [-0.05, 0) is 12.2 Å². The summed E-state index contributed by atoms with van der Waals surface area (Å²) in [6.45, 7) is 0. The average Bonchev–Trinajstić information content (AvgIpc) is 2.02. The number of rotatable bonds is 2. The lowest BCUT2D eigenvalue weighted by molar-refractivity contribution is -0.139. The lowest BCUT2D eigenvalue weighted by atomic mass is 9.98. The Bertz CT molecular complexity index is 257. The summed E-state index contributed by atoms with van der Waals surface area (Å²) < 4.78 is 8.85. The zero-order valence-corrected chi connectivity index (χ0v) is 6.79. The van der Waals surface area contributed by atoms with Gasteiger partial charge in [0.15, 0.2) is 0 Å². The molecule has 0 bridgehead atoms. The zero-order chi connectivity index (χ0) is 9.14. The molecule has 0 heterocycles. The molecule has 0 N–H and O–H groups in total. The maximum Gasteiger partial charge on any atom is 0.338 e. The van der Waals surface area contributed by atoms with E-state index in [0.717, 1.165) is 0 Å². The first-order valence-corrected chi connectivity index (χ1v) is 3.29. The van der Waals surface area contributed by atoms with Crippen molar-refractivity contribution in [3.63, 3.8) is 0 Å². The van der Waals surface area contributed by atoms with Crippen LogP contribution in [0.5, 0.6) is 0 Å². The Kier molecular flexibility index (Phi) is 2.28. The van der Waals surface area contributed by atoms with Crippen molar-refractivity contribution in [2.24, 2.45) is 0 Å². The van der Waals surface area contributed by atoms with E-state index in [4.69, 9.17) is 0 Å². The van der Waals surface area contributed by atoms with E-state index in [1.807, 2.05) is 0 Å². The highest BCUT2D eigenvalue weighted by atomic mass is 16.5. The lowest BCUT2D eigenvalue weighted by Crippen LogP contribution is -2.16. The van der Waals surface area contributed by atoms with Crippen molar-refractivity contribution >= 4 is 11.9 Å². The van der Waals surface area contributed by atoms with Gasteiger partial charge in [0, 0.05) is 0 Å². The minimum atomic E-state index is -0.516. The Labute approximate surface area is 69.5 Å². The van der Waals surface area contributed by atoms with Crippen molar-refractivity contribution in [3.8, 4) is 0 Å². The topological polar surface area (TPSA) is 52.6 Å². The molecule has 64 valence electrons. The number of hydrogen-bond acceptors (Lipinski definition) is 4. The van der Waals surface area contributed by atoms with Gasteiger partial charge in [-0.3, -0.25) is 0 Å². The fraction of sp³-hybridized carbons (Fsp3) is 0.250. The summed E-state index contributed by atoms with van der Waals surface area (Å²) in [6.07, 6.45) is 3.02. The highest BCUT2D eigenvalue weighted by molar-refractivity contribution is 6.07. The molecular weight excluding hydrogens is 160 g/mol. The average molecular weight is 168 g/mol. The van der Waals surface area contributed by atoms with Gasteiger partial charge in [0.25, 0.3) is 0 Å². The van der Waals surface area contributed by atoms with E-state index >= 15 is 0 Å². The van der Waals surface area contributed by atoms with Crippen LogP contribution >= 0.6 is 0 Å². The van der Waals surface area contributed by atoms with Crippen LogP contribution < -0.4 is 0 Å². The van der Waals surface area contributed by atoms with Gasteiger partial charge in [0.2, 0.25) is 0 Å². The van der Waals surface area contributed by atoms with E-state index in [1.165, 1.54) is 26.4 Å². The van der Waals surface area contributed by atoms with Crippen LogP contribution in [0.15, 0.2) is 23.3 Å². The molecule has 0 radical (unpaired) electrons. The van der Waals surface area contributed by atoms with E-state index < -0.39 is 11.9 Å². The van der Waals surface area contributed by atoms with Crippen molar-refractivity contribution in [2.75, 3.05) is 14.2 Å². The molecule has 1 aliphatic rings. The van der Waals surface area contributed by atoms with Crippen molar-refractivity contribution in [3.05, 3.63) is 23.3 Å². The Balaban J connectivity index is 2.78. The third-order valence-electron chi connectivity index (χ3n) is 1.52. The predicted octanol–water partition coefficient (Wildman–Crippen LogP) is 0.199. The highest BCUT2D eigenvalue weighted by Crippen LogP contribution is 2.20. The number of carbonyl (C=O) groups is 2. The van der Waals surface area contributed by atoms with Crippen LogP contribution in [0.25, 0.3) is 0 Å². The molecule has 0 saturated carbocycles. The van der Waals surface area contributed by atoms with Crippen LogP contribution in [-0.4, -0.2) is 26.2 Å². The molecular formula is C8H8O4. The van der Waals surface area contributed by atoms with Crippen molar-refractivity contribution in [1.29, 1.82) is 0 Å². The van der Waals surface area contributed by atoms with Gasteiger partial charge in [-0.15, -0.1) is 0 Å². The molecule has 0 aromatic heterocycles. The highest BCUT2D eigenvalue weighted by Gasteiger charge is 2.23. The Morgan fingerprint density at radius 1 is 1.00 bits per heavy atom. The Morgan fingerprint density at radius 3 is 1.50 bits per heavy atom. The van der Waals surface area contributed by atoms with E-state index in [2.05, 4.69) is 9.47 Å². The molecule has 0 unspecified atom stereocenters. The normalized spacial score (nSPS) is 13.8. The second kappa shape index (κ2) is 3.21. The summed E-state index contributed by atoms with van der Waals surface area (Å²) in [5.74, 6) is -1.03. The first kappa shape index (κ1) is 8.52. The fourth-order valence-corrected chi connectivity index (χ4v) is 0.826. The SMILES string of the molecule is COC(=O)C1=C(C(=O)OC)C=C1. The molecule has 12 heavy (non-hydrogen) atoms. The summed E-state index contributed by atoms with van der Waals surface area (Å²) in [5, 5.41) is 0. The largest absolute Gasteiger partial charge is 0.465 e. The second-order valence-electron chi connectivity index (χ2n) is 2.14. The van der Waals surface area contributed by atoms with Gasteiger partial charge < -0.3 is 9.47 Å². The summed E-state index contributed by atoms with van der Waals surface area (Å²) in [6, 6.07) is 0. The minimum absolute atomic E-state index is 0.268. The van der Waals surface area contributed by atoms with Gasteiger partial charge in [-0.2, -0.15) is 0 Å². The maximum absolute atomic E-state index is 10.9. The predicted molar refractivity (Wildman–Crippen MR) is 40.2 cm³/mol. The fourth-order valence-electron chi connectivity index (χ4n) is 0.826. The zero-order valence-electron chi connectivity index (χ0n) is 6.79. The molecule has 1 aliphatic carbocycles. The standard InChI is InChI=1S/C8H8O4/c1-11-7(9)5-3-4-6(5)8(10)12-2/h3-4H,1-2H3. The maximum atomic E-state index is 10.9. The van der Waals surface area contributed by atoms with E-state index in [1.54, 1.807) is 0 Å². The van der Waals surface area contributed by atoms with Crippen molar-refractivity contribution < 1.29 is 19.1 Å². The van der Waals surface area contributed by atoms with Crippen LogP contribution in [-0.2, 0) is 19.1 Å². The summed E-state index contributed by atoms with van der Waals surface area (Å²) >= 11 is 0. The van der Waals surface area contributed by atoms with Crippen LogP contribution in [0.2, 0.25) is 0 Å². The van der Waals surface area contributed by atoms with Crippen LogP contribution in [0.1, 0.15) is 0 Å². The van der Waals surface area contributed by atoms with Crippen molar-refractivity contribution in [1.82, 2.24) is 0 Å². The van der Waals surface area contributed by atoms with Crippen LogP contribution in [0.3, 0.4) is 0 Å². The van der Waals surface area contributed by atoms with Gasteiger partial charge >= 0.3 is 11.9 Å². The number of esters is 2. The summed E-state index contributed by atoms with van der Waals surface area (Å²) in [7, 11) is 2.52. The van der Waals surface area contributed by atoms with Crippen LogP contribution in [0, 0.1) is 0 Å². The Hall–Kier alpha value is -1.58. The molecule has 0 atom stereocenters. The molecule has 0 aromatic rings. The molecule has 0 fully saturated rings. The monoisotopic (exact) mass is 168 g/mol. The third kappa shape index (κ3) is 1.23. The first-order valence-electron chi connectivity index (χ1n) is 3.29. The molecule has 4 heteroatoms. The molecule has 0 spiro atoms. The van der Waals surface area contributed by atoms with E-state index in [-0.39, 0.29) is 11.1 Å². The molecule has 1 rings (SSSR count). The molecule has 0 amide bonds. The second-order valence-corrected chi connectivity index (χ2v) is 2.14. The van der Waals surface area contributed by atoms with Crippen molar-refractivity contribution in [2.45, 2.75) is 0 Å². The van der Waals surface area contributed by atoms with Gasteiger partial charge in [-0.25, -0.2) is 9.59 Å². The summed E-state index contributed by atoms with van der Waals surface area (Å²) in [5.41, 5.74) is 0.536. The first-order chi connectivity index (χ1) is 5.70. The molecule has 0 aliphatic heterocycles. The number of methoxy groups -OCH3 is 2. The summed E-state index contributed by atoms with van der Waals surface area (Å²) in [4.78, 5) is 21.8. The van der Waals surface area contributed by atoms with Gasteiger partial charge in [0.05, 0.1) is 25.4 Å². The van der Waals surface area contributed by atoms with Gasteiger partial charge in [0.1, 0.15) is 0 Å². The molecule has 0 aromatic carbocycles. The van der Waals surface area contributed by atoms with E-state index in [9.17, 15) is 9.59 Å². The lowest BCUT2D eigenvalue weighted by Gasteiger charge is -2.11. The number of ether oxygens (including phenoxy) is 2. The smallest absolute Gasteiger partial charge is 0.338 e. The quantitative estimate of drug-likeness (QED) is 0.552. The number of carbonyl (C=O) groups excluding carboxylic acids is 2. The van der Waals surface area contributed by atoms with Gasteiger partial charge in [-0.1, -0.05) is 0 Å². The minimum Gasteiger partial charge on any atom is -0.465 e.